The molecule has 0 aliphatic rings. The highest BCUT2D eigenvalue weighted by molar-refractivity contribution is 5.89. The molecule has 0 fully saturated rings. The lowest BCUT2D eigenvalue weighted by Gasteiger charge is -2.05. The van der Waals surface area contributed by atoms with Crippen LogP contribution in [0.15, 0.2) is 18.2 Å². The van der Waals surface area contributed by atoms with Gasteiger partial charge in [0.2, 0.25) is 0 Å². The summed E-state index contributed by atoms with van der Waals surface area (Å²) in [4.78, 5) is 10.8. The zero-order valence-electron chi connectivity index (χ0n) is 10.0. The molecule has 84 valence electrons. The smallest absolute Gasteiger partial charge is 0.335 e. The molecule has 0 aromatic heterocycles. The van der Waals surface area contributed by atoms with E-state index in [4.69, 9.17) is 5.11 Å². The number of benzene rings is 1. The molecular formula is C13H20O2. The monoisotopic (exact) mass is 208 g/mol. The van der Waals surface area contributed by atoms with Gasteiger partial charge in [-0.25, -0.2) is 4.79 Å². The van der Waals surface area contributed by atoms with E-state index in [-0.39, 0.29) is 0 Å². The van der Waals surface area contributed by atoms with Crippen LogP contribution in [0.1, 0.15) is 49.2 Å². The molecule has 0 saturated carbocycles. The quantitative estimate of drug-likeness (QED) is 0.825. The second-order valence-corrected chi connectivity index (χ2v) is 3.00. The molecule has 0 radical (unpaired) electrons. The molecule has 1 N–H and O–H groups in total. The number of carboxylic acids is 1. The van der Waals surface area contributed by atoms with Crippen molar-refractivity contribution in [2.45, 2.75) is 40.5 Å². The summed E-state index contributed by atoms with van der Waals surface area (Å²) in [5.74, 6) is -0.834. The normalized spacial score (nSPS) is 9.07. The van der Waals surface area contributed by atoms with Gasteiger partial charge < -0.3 is 5.11 Å². The van der Waals surface area contributed by atoms with E-state index in [0.29, 0.717) is 5.56 Å². The van der Waals surface area contributed by atoms with Crippen LogP contribution in [0.2, 0.25) is 0 Å². The zero-order chi connectivity index (χ0) is 11.8. The van der Waals surface area contributed by atoms with Crippen LogP contribution in [0.4, 0.5) is 0 Å². The molecule has 0 spiro atoms. The van der Waals surface area contributed by atoms with Gasteiger partial charge in [-0.15, -0.1) is 0 Å². The first-order valence-corrected chi connectivity index (χ1v) is 5.54. The molecule has 1 aromatic rings. The number of rotatable bonds is 3. The summed E-state index contributed by atoms with van der Waals surface area (Å²) >= 11 is 0. The molecule has 0 aliphatic heterocycles. The molecule has 2 nitrogen and oxygen atoms in total. The first kappa shape index (κ1) is 13.7. The van der Waals surface area contributed by atoms with Crippen molar-refractivity contribution in [1.29, 1.82) is 0 Å². The minimum Gasteiger partial charge on any atom is -0.478 e. The average molecular weight is 208 g/mol. The van der Waals surface area contributed by atoms with E-state index < -0.39 is 5.97 Å². The molecule has 1 aromatic carbocycles. The van der Waals surface area contributed by atoms with Crippen molar-refractivity contribution < 1.29 is 9.90 Å². The first-order valence-electron chi connectivity index (χ1n) is 5.54. The van der Waals surface area contributed by atoms with Gasteiger partial charge in [0.15, 0.2) is 0 Å². The summed E-state index contributed by atoms with van der Waals surface area (Å²) in [6, 6.07) is 5.55. The third-order valence-corrected chi connectivity index (χ3v) is 2.19. The second-order valence-electron chi connectivity index (χ2n) is 3.00. The predicted molar refractivity (Wildman–Crippen MR) is 63.5 cm³/mol. The fraction of sp³-hybridized carbons (Fsp3) is 0.462. The van der Waals surface area contributed by atoms with Crippen LogP contribution in [0.25, 0.3) is 0 Å². The molecule has 0 bridgehead atoms. The molecule has 0 saturated heterocycles. The van der Waals surface area contributed by atoms with Gasteiger partial charge in [0, 0.05) is 0 Å². The minimum atomic E-state index is -0.834. The van der Waals surface area contributed by atoms with Gasteiger partial charge in [-0.05, 0) is 30.0 Å². The fourth-order valence-corrected chi connectivity index (χ4v) is 1.37. The van der Waals surface area contributed by atoms with E-state index in [9.17, 15) is 4.79 Å². The van der Waals surface area contributed by atoms with Gasteiger partial charge in [0.25, 0.3) is 0 Å². The number of carboxylic acid groups (broad SMARTS) is 1. The lowest BCUT2D eigenvalue weighted by atomic mass is 10.0. The van der Waals surface area contributed by atoms with E-state index in [1.54, 1.807) is 6.07 Å². The summed E-state index contributed by atoms with van der Waals surface area (Å²) in [5.41, 5.74) is 2.55. The van der Waals surface area contributed by atoms with Crippen LogP contribution in [-0.2, 0) is 12.8 Å². The average Bonchev–Trinajstić information content (AvgIpc) is 2.30. The maximum atomic E-state index is 10.8. The summed E-state index contributed by atoms with van der Waals surface area (Å²) in [6.07, 6.45) is 1.72. The molecule has 1 rings (SSSR count). The lowest BCUT2D eigenvalue weighted by molar-refractivity contribution is 0.0695. The Kier molecular flexibility index (Phi) is 6.43. The largest absolute Gasteiger partial charge is 0.478 e. The topological polar surface area (TPSA) is 37.3 Å². The Morgan fingerprint density at radius 1 is 1.20 bits per heavy atom. The highest BCUT2D eigenvalue weighted by atomic mass is 16.4. The third-order valence-electron chi connectivity index (χ3n) is 2.19. The fourth-order valence-electron chi connectivity index (χ4n) is 1.37. The Hall–Kier alpha value is -1.31. The molecule has 0 unspecified atom stereocenters. The number of hydrogen-bond donors (Lipinski definition) is 1. The number of hydrogen-bond acceptors (Lipinski definition) is 1. The summed E-state index contributed by atoms with van der Waals surface area (Å²) in [7, 11) is 0. The second kappa shape index (κ2) is 7.04. The third kappa shape index (κ3) is 3.74. The van der Waals surface area contributed by atoms with Crippen molar-refractivity contribution in [3.05, 3.63) is 34.9 Å². The molecular weight excluding hydrogens is 188 g/mol. The Balaban J connectivity index is 0.000000921. The highest BCUT2D eigenvalue weighted by Gasteiger charge is 2.07. The predicted octanol–water partition coefficient (Wildman–Crippen LogP) is 3.54. The van der Waals surface area contributed by atoms with E-state index in [2.05, 4.69) is 6.92 Å². The first-order chi connectivity index (χ1) is 7.19. The van der Waals surface area contributed by atoms with Crippen molar-refractivity contribution >= 4 is 5.97 Å². The van der Waals surface area contributed by atoms with Crippen LogP contribution < -0.4 is 0 Å². The number of aryl methyl sites for hydroxylation is 2. The maximum absolute atomic E-state index is 10.8. The number of aromatic carboxylic acids is 1. The van der Waals surface area contributed by atoms with Crippen molar-refractivity contribution in [1.82, 2.24) is 0 Å². The Labute approximate surface area is 91.9 Å². The SMILES string of the molecule is CC.CCc1ccc(C(=O)O)c(CC)c1. The highest BCUT2D eigenvalue weighted by Crippen LogP contribution is 2.13. The van der Waals surface area contributed by atoms with Crippen molar-refractivity contribution in [3.8, 4) is 0 Å². The van der Waals surface area contributed by atoms with Crippen molar-refractivity contribution in [2.75, 3.05) is 0 Å². The van der Waals surface area contributed by atoms with E-state index in [0.717, 1.165) is 18.4 Å². The lowest BCUT2D eigenvalue weighted by Crippen LogP contribution is -2.02. The van der Waals surface area contributed by atoms with Crippen LogP contribution in [0.3, 0.4) is 0 Å². The zero-order valence-corrected chi connectivity index (χ0v) is 10.0. The maximum Gasteiger partial charge on any atom is 0.335 e. The molecule has 0 aliphatic carbocycles. The van der Waals surface area contributed by atoms with Crippen LogP contribution in [-0.4, -0.2) is 11.1 Å². The van der Waals surface area contributed by atoms with Gasteiger partial charge in [0.05, 0.1) is 5.56 Å². The molecule has 0 atom stereocenters. The van der Waals surface area contributed by atoms with Gasteiger partial charge in [-0.2, -0.15) is 0 Å². The molecule has 0 heterocycles. The van der Waals surface area contributed by atoms with E-state index in [1.807, 2.05) is 32.9 Å². The minimum absolute atomic E-state index is 0.430. The van der Waals surface area contributed by atoms with Gasteiger partial charge in [-0.3, -0.25) is 0 Å². The summed E-state index contributed by atoms with van der Waals surface area (Å²) < 4.78 is 0. The number of carbonyl (C=O) groups is 1. The van der Waals surface area contributed by atoms with Gasteiger partial charge in [0.1, 0.15) is 0 Å². The van der Waals surface area contributed by atoms with Gasteiger partial charge >= 0.3 is 5.97 Å². The summed E-state index contributed by atoms with van der Waals surface area (Å²) in [5, 5.41) is 8.86. The molecule has 0 amide bonds. The Morgan fingerprint density at radius 2 is 1.80 bits per heavy atom. The van der Waals surface area contributed by atoms with Crippen molar-refractivity contribution in [2.24, 2.45) is 0 Å². The Bertz CT molecular complexity index is 316. The Morgan fingerprint density at radius 3 is 2.20 bits per heavy atom. The molecule has 15 heavy (non-hydrogen) atoms. The summed E-state index contributed by atoms with van der Waals surface area (Å²) in [6.45, 7) is 8.04. The van der Waals surface area contributed by atoms with Crippen LogP contribution >= 0.6 is 0 Å². The van der Waals surface area contributed by atoms with Crippen molar-refractivity contribution in [3.63, 3.8) is 0 Å². The van der Waals surface area contributed by atoms with E-state index >= 15 is 0 Å². The standard InChI is InChI=1S/C11H14O2.C2H6/c1-3-8-5-6-10(11(12)13)9(4-2)7-8;1-2/h5-7H,3-4H2,1-2H3,(H,12,13);1-2H3. The van der Waals surface area contributed by atoms with Crippen LogP contribution in [0.5, 0.6) is 0 Å². The van der Waals surface area contributed by atoms with Crippen LogP contribution in [0, 0.1) is 0 Å². The van der Waals surface area contributed by atoms with Gasteiger partial charge in [-0.1, -0.05) is 39.8 Å². The molecule has 2 heteroatoms. The van der Waals surface area contributed by atoms with E-state index in [1.165, 1.54) is 5.56 Å².